The molecule has 1 aliphatic heterocycles. The van der Waals surface area contributed by atoms with Crippen LogP contribution >= 0.6 is 0 Å². The van der Waals surface area contributed by atoms with E-state index in [2.05, 4.69) is 118 Å². The van der Waals surface area contributed by atoms with Gasteiger partial charge in [0.15, 0.2) is 0 Å². The van der Waals surface area contributed by atoms with E-state index in [0.717, 1.165) is 0 Å². The Hall–Kier alpha value is 0.331. The second-order valence-corrected chi connectivity index (χ2v) is 45.9. The molecule has 0 saturated heterocycles. The van der Waals surface area contributed by atoms with Gasteiger partial charge in [-0.25, -0.2) is 0 Å². The number of rotatable bonds is 6. The first kappa shape index (κ1) is 30.4. The number of allylic oxidation sites excluding steroid dienone is 2. The van der Waals surface area contributed by atoms with Gasteiger partial charge >= 0.3 is 212 Å². The maximum atomic E-state index is 4.01. The van der Waals surface area contributed by atoms with Gasteiger partial charge in [-0.05, 0) is 0 Å². The fourth-order valence-corrected chi connectivity index (χ4v) is 53.7. The third kappa shape index (κ3) is 7.17. The summed E-state index contributed by atoms with van der Waals surface area (Å²) in [5.74, 6) is 0. The second kappa shape index (κ2) is 10.5. The molecule has 1 aliphatic rings. The molecule has 0 aromatic heterocycles. The topological polar surface area (TPSA) is 0 Å². The van der Waals surface area contributed by atoms with Crippen molar-refractivity contribution in [3.05, 3.63) is 17.5 Å². The molecule has 6 heteroatoms. The van der Waals surface area contributed by atoms with Crippen LogP contribution in [0, 0.1) is 22.2 Å². The summed E-state index contributed by atoms with van der Waals surface area (Å²) in [6.45, 7) is 32.6. The van der Waals surface area contributed by atoms with E-state index in [1.54, 1.807) is 5.57 Å². The molecule has 1 rings (SSSR count). The van der Waals surface area contributed by atoms with Crippen LogP contribution in [0.25, 0.3) is 0 Å². The summed E-state index contributed by atoms with van der Waals surface area (Å²) in [5, 5.41) is 0. The van der Waals surface area contributed by atoms with Crippen LogP contribution in [0.15, 0.2) is 17.5 Å². The van der Waals surface area contributed by atoms with E-state index in [-0.39, 0.29) is 0 Å². The normalized spacial score (nSPS) is 17.1. The van der Waals surface area contributed by atoms with Crippen molar-refractivity contribution in [2.75, 3.05) is 0 Å². The summed E-state index contributed by atoms with van der Waals surface area (Å²) in [7, 11) is -6.41. The molecule has 32 heavy (non-hydrogen) atoms. The fourth-order valence-electron chi connectivity index (χ4n) is 5.73. The van der Waals surface area contributed by atoms with Gasteiger partial charge in [-0.2, -0.15) is 0 Å². The summed E-state index contributed by atoms with van der Waals surface area (Å²) in [5.41, 5.74) is 19.2. The van der Waals surface area contributed by atoms with Crippen molar-refractivity contribution in [2.45, 2.75) is 115 Å². The number of hydrogen-bond donors (Lipinski definition) is 0. The molecule has 0 unspecified atom stereocenters. The standard InChI is InChI=1S/C24H45BSi4.2CH3.Sn/c1-14-23(21-28(10,11)19-17-26(4,5)6)24(25(15-2)16-3)22-29(12,13)20-18-27(7,8)9;;;/h14-16H2,1-13H3;2*1H3;. The van der Waals surface area contributed by atoms with Crippen LogP contribution in [0.5, 0.6) is 0 Å². The van der Waals surface area contributed by atoms with Gasteiger partial charge in [0, 0.05) is 0 Å². The Kier molecular flexibility index (Phi) is 9.99. The average Bonchev–Trinajstić information content (AvgIpc) is 2.86. The average molecular weight is 606 g/mol. The van der Waals surface area contributed by atoms with Crippen molar-refractivity contribution in [3.63, 3.8) is 0 Å². The Morgan fingerprint density at radius 3 is 1.31 bits per heavy atom. The zero-order valence-corrected chi connectivity index (χ0v) is 31.1. The van der Waals surface area contributed by atoms with E-state index in [9.17, 15) is 0 Å². The molecule has 0 bridgehead atoms. The van der Waals surface area contributed by atoms with Crippen LogP contribution < -0.4 is 0 Å². The Labute approximate surface area is 210 Å². The van der Waals surface area contributed by atoms with Crippen molar-refractivity contribution in [2.24, 2.45) is 0 Å². The maximum absolute atomic E-state index is 4.01. The molecule has 0 spiro atoms. The van der Waals surface area contributed by atoms with Crippen molar-refractivity contribution in [1.82, 2.24) is 0 Å². The predicted molar refractivity (Wildman–Crippen MR) is 166 cm³/mol. The third-order valence-electron chi connectivity index (χ3n) is 6.64. The molecule has 0 saturated carbocycles. The van der Waals surface area contributed by atoms with E-state index in [1.165, 1.54) is 19.1 Å². The molecule has 0 N–H and O–H groups in total. The van der Waals surface area contributed by atoms with Crippen molar-refractivity contribution >= 4 is 57.4 Å². The Morgan fingerprint density at radius 1 is 0.625 bits per heavy atom. The van der Waals surface area contributed by atoms with Crippen LogP contribution in [0.2, 0.25) is 88.0 Å². The van der Waals surface area contributed by atoms with Gasteiger partial charge in [-0.1, -0.05) is 0 Å². The minimum atomic E-state index is -2.76. The van der Waals surface area contributed by atoms with Gasteiger partial charge in [0.05, 0.1) is 0 Å². The molecule has 0 fully saturated rings. The fraction of sp³-hybridized carbons (Fsp3) is 0.692. The van der Waals surface area contributed by atoms with E-state index < -0.39 is 50.7 Å². The Balaban J connectivity index is 3.99. The van der Waals surface area contributed by atoms with Gasteiger partial charge in [-0.15, -0.1) is 0 Å². The summed E-state index contributed by atoms with van der Waals surface area (Å²) in [6, 6.07) is 0. The van der Waals surface area contributed by atoms with Crippen molar-refractivity contribution < 1.29 is 0 Å². The molecule has 0 aromatic carbocycles. The second-order valence-electron chi connectivity index (χ2n) is 13.4. The third-order valence-corrected chi connectivity index (χ3v) is 41.3. The first-order chi connectivity index (χ1) is 14.2. The van der Waals surface area contributed by atoms with Crippen LogP contribution in [0.1, 0.15) is 27.2 Å². The predicted octanol–water partition coefficient (Wildman–Crippen LogP) is 8.20. The SMILES string of the molecule is CCB(CC)C1=[C]([Si](C)(C)C#C[Si](C)(C)C)[Sn]([CH3])([CH3])[C]([Si](C)(C)C#C[Si](C)(C)C)=C1CC. The van der Waals surface area contributed by atoms with Crippen LogP contribution in [-0.4, -0.2) is 57.4 Å². The van der Waals surface area contributed by atoms with Crippen LogP contribution in [-0.2, 0) is 0 Å². The van der Waals surface area contributed by atoms with Crippen molar-refractivity contribution in [1.29, 1.82) is 0 Å². The first-order valence-corrected chi connectivity index (χ1v) is 34.4. The van der Waals surface area contributed by atoms with Crippen LogP contribution in [0.3, 0.4) is 0 Å². The Morgan fingerprint density at radius 2 is 1.00 bits per heavy atom. The van der Waals surface area contributed by atoms with E-state index in [0.29, 0.717) is 6.71 Å². The molecule has 0 aliphatic carbocycles. The van der Waals surface area contributed by atoms with E-state index >= 15 is 0 Å². The molecule has 0 radical (unpaired) electrons. The summed E-state index contributed by atoms with van der Waals surface area (Å²) in [6.07, 6.45) is 3.69. The quantitative estimate of drug-likeness (QED) is 0.212. The van der Waals surface area contributed by atoms with Crippen LogP contribution in [0.4, 0.5) is 0 Å². The summed E-state index contributed by atoms with van der Waals surface area (Å²) < 4.78 is 3.89. The minimum absolute atomic E-state index is 0.698. The van der Waals surface area contributed by atoms with Gasteiger partial charge < -0.3 is 0 Å². The monoisotopic (exact) mass is 606 g/mol. The molecule has 0 atom stereocenters. The molecule has 0 amide bonds. The Bertz CT molecular complexity index is 900. The van der Waals surface area contributed by atoms with Gasteiger partial charge in [0.1, 0.15) is 0 Å². The van der Waals surface area contributed by atoms with E-state index in [1.807, 2.05) is 11.9 Å². The zero-order valence-electron chi connectivity index (χ0n) is 24.2. The molecule has 0 aromatic rings. The van der Waals surface area contributed by atoms with Gasteiger partial charge in [-0.3, -0.25) is 0 Å². The first-order valence-electron chi connectivity index (χ1n) is 12.8. The zero-order chi connectivity index (χ0) is 25.3. The summed E-state index contributed by atoms with van der Waals surface area (Å²) in [4.78, 5) is 5.47. The molecular formula is C26H51BSi4Sn. The summed E-state index contributed by atoms with van der Waals surface area (Å²) >= 11 is -2.76. The molecule has 0 nitrogen and oxygen atoms in total. The van der Waals surface area contributed by atoms with Gasteiger partial charge in [0.2, 0.25) is 0 Å². The van der Waals surface area contributed by atoms with Crippen molar-refractivity contribution in [3.8, 4) is 22.2 Å². The molecule has 178 valence electrons. The molecular weight excluding hydrogens is 554 g/mol. The molecule has 1 heterocycles. The number of hydrogen-bond acceptors (Lipinski definition) is 0. The van der Waals surface area contributed by atoms with E-state index in [4.69, 9.17) is 0 Å². The van der Waals surface area contributed by atoms with Gasteiger partial charge in [0.25, 0.3) is 0 Å².